The average Bonchev–Trinajstić information content (AvgIpc) is 2.89. The number of rotatable bonds is 15. The summed E-state index contributed by atoms with van der Waals surface area (Å²) < 4.78 is 16.1. The van der Waals surface area contributed by atoms with Gasteiger partial charge in [-0.05, 0) is 87.1 Å². The average molecular weight is 507 g/mol. The van der Waals surface area contributed by atoms with E-state index in [1.165, 1.54) is 0 Å². The number of aliphatic hydroxyl groups excluding tert-OH is 2. The molecule has 0 bridgehead atoms. The van der Waals surface area contributed by atoms with Crippen LogP contribution in [0.5, 0.6) is 11.5 Å². The van der Waals surface area contributed by atoms with Crippen LogP contribution in [0.3, 0.4) is 0 Å². The van der Waals surface area contributed by atoms with Crippen molar-refractivity contribution in [1.82, 2.24) is 0 Å². The lowest BCUT2D eigenvalue weighted by Gasteiger charge is -2.06. The third-order valence-corrected chi connectivity index (χ3v) is 4.98. The summed E-state index contributed by atoms with van der Waals surface area (Å²) in [4.78, 5) is 0. The number of halogens is 1. The topological polar surface area (TPSA) is 118 Å². The Morgan fingerprint density at radius 2 is 1.17 bits per heavy atom. The minimum atomic E-state index is 0. The van der Waals surface area contributed by atoms with E-state index in [2.05, 4.69) is 6.07 Å². The number of nitriles is 1. The molecule has 0 unspecified atom stereocenters. The standard InChI is InChI=1S/C14H21NO3.C13H17NO2.ClH/c1-17-14(15)12-6-8-13(9-7-12)18-11-5-3-2-4-10-16;14-11-12-5-7-13(8-6-12)16-10-4-2-1-3-9-15;/h6-9,15-16H,2-5,10-11H2,1H3;5-8,15H,1-4,9-10H2;1H. The van der Waals surface area contributed by atoms with Crippen molar-refractivity contribution in [2.45, 2.75) is 51.4 Å². The molecule has 0 radical (unpaired) electrons. The molecule has 0 amide bonds. The molecule has 8 heteroatoms. The Morgan fingerprint density at radius 3 is 1.57 bits per heavy atom. The Hall–Kier alpha value is -2.79. The van der Waals surface area contributed by atoms with Gasteiger partial charge in [0.2, 0.25) is 0 Å². The van der Waals surface area contributed by atoms with E-state index in [-0.39, 0.29) is 25.6 Å². The molecule has 0 saturated heterocycles. The van der Waals surface area contributed by atoms with Crippen LogP contribution in [0.4, 0.5) is 0 Å². The number of ether oxygens (including phenoxy) is 3. The maximum atomic E-state index is 8.64. The van der Waals surface area contributed by atoms with Gasteiger partial charge in [-0.25, -0.2) is 5.41 Å². The summed E-state index contributed by atoms with van der Waals surface area (Å²) in [6, 6.07) is 16.7. The first-order chi connectivity index (χ1) is 16.6. The number of nitrogens with zero attached hydrogens (tertiary/aromatic N) is 1. The minimum Gasteiger partial charge on any atom is -1.00 e. The molecule has 194 valence electrons. The lowest BCUT2D eigenvalue weighted by Crippen LogP contribution is -3.00. The van der Waals surface area contributed by atoms with Gasteiger partial charge in [-0.2, -0.15) is 5.26 Å². The summed E-state index contributed by atoms with van der Waals surface area (Å²) in [6.07, 6.45) is 8.02. The highest BCUT2D eigenvalue weighted by atomic mass is 35.5. The predicted molar refractivity (Wildman–Crippen MR) is 133 cm³/mol. The number of benzene rings is 2. The van der Waals surface area contributed by atoms with Crippen molar-refractivity contribution in [3.8, 4) is 17.6 Å². The SMILES string of the molecule is COC(=[NH2+])c1ccc(OCCCCCCO)cc1.N#Cc1ccc(OCCCCCCO)cc1.[Cl-]. The highest BCUT2D eigenvalue weighted by Crippen LogP contribution is 2.14. The molecule has 4 N–H and O–H groups in total. The Morgan fingerprint density at radius 1 is 0.743 bits per heavy atom. The maximum Gasteiger partial charge on any atom is 0.366 e. The van der Waals surface area contributed by atoms with Crippen LogP contribution in [0, 0.1) is 11.3 Å². The van der Waals surface area contributed by atoms with Crippen LogP contribution in [0.15, 0.2) is 48.5 Å². The zero-order valence-electron chi connectivity index (χ0n) is 20.6. The predicted octanol–water partition coefficient (Wildman–Crippen LogP) is 0.264. The maximum absolute atomic E-state index is 8.64. The number of hydrogen-bond acceptors (Lipinski definition) is 6. The first-order valence-electron chi connectivity index (χ1n) is 11.9. The normalized spacial score (nSPS) is 9.66. The van der Waals surface area contributed by atoms with Crippen LogP contribution >= 0.6 is 0 Å². The third-order valence-electron chi connectivity index (χ3n) is 4.98. The van der Waals surface area contributed by atoms with Crippen LogP contribution < -0.4 is 27.3 Å². The second-order valence-corrected chi connectivity index (χ2v) is 7.70. The van der Waals surface area contributed by atoms with Crippen LogP contribution in [0.2, 0.25) is 0 Å². The summed E-state index contributed by atoms with van der Waals surface area (Å²) in [5, 5.41) is 31.5. The van der Waals surface area contributed by atoms with E-state index in [4.69, 9.17) is 35.1 Å². The molecule has 0 heterocycles. The molecule has 0 spiro atoms. The van der Waals surface area contributed by atoms with Crippen molar-refractivity contribution < 1.29 is 42.2 Å². The monoisotopic (exact) mass is 506 g/mol. The van der Waals surface area contributed by atoms with Gasteiger partial charge in [-0.1, -0.05) is 12.8 Å². The van der Waals surface area contributed by atoms with Crippen LogP contribution in [0.25, 0.3) is 0 Å². The van der Waals surface area contributed by atoms with E-state index in [9.17, 15) is 0 Å². The molecule has 2 aromatic rings. The van der Waals surface area contributed by atoms with Crippen molar-refractivity contribution in [2.75, 3.05) is 33.5 Å². The Bertz CT molecular complexity index is 823. The molecular weight excluding hydrogens is 468 g/mol. The fourth-order valence-electron chi connectivity index (χ4n) is 2.97. The summed E-state index contributed by atoms with van der Waals surface area (Å²) >= 11 is 0. The second kappa shape index (κ2) is 21.7. The Labute approximate surface area is 215 Å². The van der Waals surface area contributed by atoms with Gasteiger partial charge in [-0.3, -0.25) is 0 Å². The largest absolute Gasteiger partial charge is 1.00 e. The highest BCUT2D eigenvalue weighted by Gasteiger charge is 2.05. The van der Waals surface area contributed by atoms with Crippen molar-refractivity contribution in [3.63, 3.8) is 0 Å². The van der Waals surface area contributed by atoms with Gasteiger partial charge in [0.25, 0.3) is 0 Å². The molecule has 7 nitrogen and oxygen atoms in total. The van der Waals surface area contributed by atoms with Gasteiger partial charge in [0.05, 0.1) is 37.5 Å². The number of methoxy groups -OCH3 is 1. The van der Waals surface area contributed by atoms with Gasteiger partial charge in [-0.15, -0.1) is 0 Å². The summed E-state index contributed by atoms with van der Waals surface area (Å²) in [5.74, 6) is 2.05. The van der Waals surface area contributed by atoms with Crippen molar-refractivity contribution in [2.24, 2.45) is 0 Å². The van der Waals surface area contributed by atoms with E-state index < -0.39 is 0 Å². The van der Waals surface area contributed by atoms with Crippen molar-refractivity contribution in [3.05, 3.63) is 59.7 Å². The molecular formula is C27H39ClN2O5. The zero-order chi connectivity index (χ0) is 24.9. The van der Waals surface area contributed by atoms with E-state index >= 15 is 0 Å². The fraction of sp³-hybridized carbons (Fsp3) is 0.481. The van der Waals surface area contributed by atoms with E-state index in [1.807, 2.05) is 36.4 Å². The lowest BCUT2D eigenvalue weighted by atomic mass is 10.2. The highest BCUT2D eigenvalue weighted by molar-refractivity contribution is 5.89. The smallest absolute Gasteiger partial charge is 0.366 e. The Balaban J connectivity index is 0.000000646. The molecule has 0 aliphatic rings. The zero-order valence-corrected chi connectivity index (χ0v) is 21.4. The van der Waals surface area contributed by atoms with E-state index in [0.29, 0.717) is 24.7 Å². The van der Waals surface area contributed by atoms with Gasteiger partial charge in [0, 0.05) is 13.2 Å². The minimum absolute atomic E-state index is 0. The van der Waals surface area contributed by atoms with Crippen LogP contribution in [0.1, 0.15) is 62.5 Å². The molecule has 0 atom stereocenters. The van der Waals surface area contributed by atoms with Crippen LogP contribution in [-0.2, 0) is 4.74 Å². The van der Waals surface area contributed by atoms with E-state index in [0.717, 1.165) is 68.4 Å². The van der Waals surface area contributed by atoms with Crippen molar-refractivity contribution in [1.29, 1.82) is 5.26 Å². The quantitative estimate of drug-likeness (QED) is 0.181. The van der Waals surface area contributed by atoms with Gasteiger partial charge < -0.3 is 36.8 Å². The van der Waals surface area contributed by atoms with Crippen molar-refractivity contribution >= 4 is 5.90 Å². The molecule has 2 aromatic carbocycles. The number of unbranched alkanes of at least 4 members (excludes halogenated alkanes) is 6. The second-order valence-electron chi connectivity index (χ2n) is 7.70. The molecule has 0 saturated carbocycles. The third kappa shape index (κ3) is 15.7. The fourth-order valence-corrected chi connectivity index (χ4v) is 2.97. The summed E-state index contributed by atoms with van der Waals surface area (Å²) in [6.45, 7) is 1.95. The molecule has 2 rings (SSSR count). The number of hydrogen-bond donors (Lipinski definition) is 3. The lowest BCUT2D eigenvalue weighted by molar-refractivity contribution is -0.135. The Kier molecular flexibility index (Phi) is 20.0. The van der Waals surface area contributed by atoms with Gasteiger partial charge in [0.15, 0.2) is 0 Å². The molecule has 0 fully saturated rings. The number of nitrogens with two attached hydrogens (primary N) is 1. The molecule has 0 aliphatic heterocycles. The number of aliphatic hydroxyl groups is 2. The molecule has 35 heavy (non-hydrogen) atoms. The first-order valence-corrected chi connectivity index (χ1v) is 11.9. The summed E-state index contributed by atoms with van der Waals surface area (Å²) in [5.41, 5.74) is 1.50. The van der Waals surface area contributed by atoms with Crippen LogP contribution in [-0.4, -0.2) is 49.6 Å². The van der Waals surface area contributed by atoms with E-state index in [1.54, 1.807) is 19.2 Å². The first kappa shape index (κ1) is 32.2. The van der Waals surface area contributed by atoms with Gasteiger partial charge >= 0.3 is 5.90 Å². The molecule has 0 aliphatic carbocycles. The summed E-state index contributed by atoms with van der Waals surface area (Å²) in [7, 11) is 1.55. The van der Waals surface area contributed by atoms with Gasteiger partial charge in [0.1, 0.15) is 11.5 Å². The molecule has 0 aromatic heterocycles.